The lowest BCUT2D eigenvalue weighted by Gasteiger charge is -2.09. The molecule has 0 spiro atoms. The van der Waals surface area contributed by atoms with Crippen LogP contribution in [0.3, 0.4) is 0 Å². The highest BCUT2D eigenvalue weighted by atomic mass is 16.3. The molecule has 78 valence electrons. The van der Waals surface area contributed by atoms with Crippen LogP contribution in [0.5, 0.6) is 0 Å². The molecule has 6 N–H and O–H groups in total. The summed E-state index contributed by atoms with van der Waals surface area (Å²) in [5, 5.41) is 20.4. The van der Waals surface area contributed by atoms with Crippen molar-refractivity contribution in [2.45, 2.75) is 6.10 Å². The van der Waals surface area contributed by atoms with Crippen LogP contribution in [0.25, 0.3) is 0 Å². The van der Waals surface area contributed by atoms with Gasteiger partial charge < -0.3 is 15.5 Å². The number of nitrogen functional groups attached to an aromatic ring is 1. The highest BCUT2D eigenvalue weighted by Crippen LogP contribution is 2.03. The molecule has 0 aromatic carbocycles. The lowest BCUT2D eigenvalue weighted by molar-refractivity contribution is 0.105. The van der Waals surface area contributed by atoms with Crippen molar-refractivity contribution in [3.63, 3.8) is 0 Å². The maximum atomic E-state index is 9.05. The average Bonchev–Trinajstić information content (AvgIpc) is 2.26. The predicted octanol–water partition coefficient (Wildman–Crippen LogP) is -1.47. The van der Waals surface area contributed by atoms with E-state index in [0.29, 0.717) is 5.82 Å². The van der Waals surface area contributed by atoms with Crippen LogP contribution >= 0.6 is 0 Å². The molecule has 7 nitrogen and oxygen atoms in total. The van der Waals surface area contributed by atoms with E-state index < -0.39 is 6.10 Å². The summed E-state index contributed by atoms with van der Waals surface area (Å²) < 4.78 is 0. The Labute approximate surface area is 81.0 Å². The molecular formula is C7H13N5O2. The molecule has 0 fully saturated rings. The molecule has 0 aliphatic carbocycles. The number of hydrogen-bond acceptors (Lipinski definition) is 7. The largest absolute Gasteiger partial charge is 0.394 e. The first kappa shape index (κ1) is 10.6. The number of hydrazine groups is 1. The zero-order valence-corrected chi connectivity index (χ0v) is 7.51. The van der Waals surface area contributed by atoms with Crippen LogP contribution in [0.4, 0.5) is 11.8 Å². The normalized spacial score (nSPS) is 12.2. The van der Waals surface area contributed by atoms with Gasteiger partial charge in [0.25, 0.3) is 0 Å². The third-order valence-electron chi connectivity index (χ3n) is 1.51. The van der Waals surface area contributed by atoms with E-state index in [-0.39, 0.29) is 19.1 Å². The molecule has 7 heteroatoms. The maximum Gasteiger partial charge on any atom is 0.239 e. The van der Waals surface area contributed by atoms with Crippen molar-refractivity contribution in [3.8, 4) is 0 Å². The van der Waals surface area contributed by atoms with E-state index in [1.165, 1.54) is 6.20 Å². The molecule has 14 heavy (non-hydrogen) atoms. The number of anilines is 2. The zero-order valence-electron chi connectivity index (χ0n) is 7.51. The maximum absolute atomic E-state index is 9.05. The second-order valence-corrected chi connectivity index (χ2v) is 2.63. The van der Waals surface area contributed by atoms with Gasteiger partial charge in [0.15, 0.2) is 0 Å². The minimum Gasteiger partial charge on any atom is -0.394 e. The Bertz CT molecular complexity index is 283. The molecule has 0 bridgehead atoms. The molecular weight excluding hydrogens is 186 g/mol. The lowest BCUT2D eigenvalue weighted by Crippen LogP contribution is -2.23. The van der Waals surface area contributed by atoms with E-state index in [4.69, 9.17) is 16.1 Å². The molecule has 1 aromatic rings. The number of rotatable bonds is 5. The predicted molar refractivity (Wildman–Crippen MR) is 51.4 cm³/mol. The standard InChI is InChI=1S/C7H13N5O2/c8-12-7-9-2-1-6(11-7)10-3-5(14)4-13/h1-2,5,13-14H,3-4,8H2,(H2,9,10,11,12). The van der Waals surface area contributed by atoms with Gasteiger partial charge in [-0.1, -0.05) is 0 Å². The van der Waals surface area contributed by atoms with E-state index >= 15 is 0 Å². The number of aromatic nitrogens is 2. The van der Waals surface area contributed by atoms with Gasteiger partial charge in [-0.15, -0.1) is 0 Å². The third kappa shape index (κ3) is 3.13. The fourth-order valence-corrected chi connectivity index (χ4v) is 0.814. The van der Waals surface area contributed by atoms with Gasteiger partial charge in [0.2, 0.25) is 5.95 Å². The van der Waals surface area contributed by atoms with Crippen molar-refractivity contribution in [3.05, 3.63) is 12.3 Å². The monoisotopic (exact) mass is 199 g/mol. The number of aliphatic hydroxyl groups excluding tert-OH is 2. The lowest BCUT2D eigenvalue weighted by atomic mass is 10.4. The van der Waals surface area contributed by atoms with Crippen LogP contribution in [0.2, 0.25) is 0 Å². The van der Waals surface area contributed by atoms with E-state index in [1.54, 1.807) is 6.07 Å². The van der Waals surface area contributed by atoms with Gasteiger partial charge in [0, 0.05) is 12.7 Å². The van der Waals surface area contributed by atoms with Crippen molar-refractivity contribution >= 4 is 11.8 Å². The Balaban J connectivity index is 2.50. The van der Waals surface area contributed by atoms with Gasteiger partial charge in [-0.3, -0.25) is 5.43 Å². The Morgan fingerprint density at radius 3 is 3.00 bits per heavy atom. The summed E-state index contributed by atoms with van der Waals surface area (Å²) in [5.74, 6) is 5.92. The Hall–Kier alpha value is -1.44. The van der Waals surface area contributed by atoms with Crippen LogP contribution in [0.1, 0.15) is 0 Å². The molecule has 0 aliphatic heterocycles. The molecule has 1 unspecified atom stereocenters. The first-order valence-corrected chi connectivity index (χ1v) is 4.08. The van der Waals surface area contributed by atoms with Crippen molar-refractivity contribution in [2.75, 3.05) is 23.9 Å². The van der Waals surface area contributed by atoms with Gasteiger partial charge >= 0.3 is 0 Å². The van der Waals surface area contributed by atoms with Gasteiger partial charge in [0.05, 0.1) is 12.7 Å². The first-order valence-electron chi connectivity index (χ1n) is 4.08. The summed E-state index contributed by atoms with van der Waals surface area (Å²) in [6.07, 6.45) is 0.717. The van der Waals surface area contributed by atoms with E-state index in [1.807, 2.05) is 0 Å². The Morgan fingerprint density at radius 1 is 1.57 bits per heavy atom. The van der Waals surface area contributed by atoms with Gasteiger partial charge in [-0.25, -0.2) is 10.8 Å². The highest BCUT2D eigenvalue weighted by molar-refractivity contribution is 5.38. The number of hydrogen-bond donors (Lipinski definition) is 5. The smallest absolute Gasteiger partial charge is 0.239 e. The number of nitrogens with zero attached hydrogens (tertiary/aromatic N) is 2. The van der Waals surface area contributed by atoms with Crippen LogP contribution < -0.4 is 16.6 Å². The first-order chi connectivity index (χ1) is 6.76. The third-order valence-corrected chi connectivity index (χ3v) is 1.51. The second kappa shape index (κ2) is 5.32. The summed E-state index contributed by atoms with van der Waals surface area (Å²) in [5.41, 5.74) is 2.29. The van der Waals surface area contributed by atoms with Crippen LogP contribution in [0, 0.1) is 0 Å². The van der Waals surface area contributed by atoms with Crippen molar-refractivity contribution in [1.29, 1.82) is 0 Å². The molecule has 1 heterocycles. The van der Waals surface area contributed by atoms with E-state index in [9.17, 15) is 0 Å². The number of nitrogens with one attached hydrogen (secondary N) is 2. The molecule has 0 saturated heterocycles. The molecule has 0 amide bonds. The molecule has 1 rings (SSSR count). The van der Waals surface area contributed by atoms with Crippen LogP contribution in [0.15, 0.2) is 12.3 Å². The Morgan fingerprint density at radius 2 is 2.36 bits per heavy atom. The summed E-state index contributed by atoms with van der Waals surface area (Å²) in [4.78, 5) is 7.75. The topological polar surface area (TPSA) is 116 Å². The Kier molecular flexibility index (Phi) is 4.05. The fourth-order valence-electron chi connectivity index (χ4n) is 0.814. The molecule has 1 aromatic heterocycles. The van der Waals surface area contributed by atoms with Crippen LogP contribution in [-0.4, -0.2) is 39.4 Å². The average molecular weight is 199 g/mol. The minimum atomic E-state index is -0.806. The quantitative estimate of drug-likeness (QED) is 0.290. The number of nitrogens with two attached hydrogens (primary N) is 1. The highest BCUT2D eigenvalue weighted by Gasteiger charge is 2.02. The molecule has 0 aliphatic rings. The zero-order chi connectivity index (χ0) is 10.4. The molecule has 1 atom stereocenters. The van der Waals surface area contributed by atoms with Gasteiger partial charge in [-0.2, -0.15) is 4.98 Å². The minimum absolute atomic E-state index is 0.220. The van der Waals surface area contributed by atoms with Crippen molar-refractivity contribution in [2.24, 2.45) is 5.84 Å². The summed E-state index contributed by atoms with van der Waals surface area (Å²) in [6, 6.07) is 1.63. The summed E-state index contributed by atoms with van der Waals surface area (Å²) in [7, 11) is 0. The summed E-state index contributed by atoms with van der Waals surface area (Å²) >= 11 is 0. The van der Waals surface area contributed by atoms with Crippen LogP contribution in [-0.2, 0) is 0 Å². The fraction of sp³-hybridized carbons (Fsp3) is 0.429. The second-order valence-electron chi connectivity index (χ2n) is 2.63. The van der Waals surface area contributed by atoms with Gasteiger partial charge in [0.1, 0.15) is 5.82 Å². The van der Waals surface area contributed by atoms with Gasteiger partial charge in [-0.05, 0) is 6.07 Å². The van der Waals surface area contributed by atoms with Crippen molar-refractivity contribution < 1.29 is 10.2 Å². The van der Waals surface area contributed by atoms with E-state index in [2.05, 4.69) is 20.7 Å². The summed E-state index contributed by atoms with van der Waals surface area (Å²) in [6.45, 7) is -0.0718. The van der Waals surface area contributed by atoms with E-state index in [0.717, 1.165) is 0 Å². The SMILES string of the molecule is NNc1nccc(NCC(O)CO)n1. The molecule has 0 radical (unpaired) electrons. The van der Waals surface area contributed by atoms with Crippen molar-refractivity contribution in [1.82, 2.24) is 9.97 Å². The molecule has 0 saturated carbocycles. The number of aliphatic hydroxyl groups is 2.